The fourth-order valence-corrected chi connectivity index (χ4v) is 1.98. The molecule has 0 spiro atoms. The molecule has 2 aromatic rings. The summed E-state index contributed by atoms with van der Waals surface area (Å²) in [4.78, 5) is 13.7. The van der Waals surface area contributed by atoms with Crippen LogP contribution in [0.25, 0.3) is 0 Å². The number of rotatable bonds is 5. The number of carbonyl (C=O) groups is 1. The van der Waals surface area contributed by atoms with Gasteiger partial charge in [-0.25, -0.2) is 0 Å². The van der Waals surface area contributed by atoms with Crippen molar-refractivity contribution in [3.05, 3.63) is 59.5 Å². The van der Waals surface area contributed by atoms with Crippen LogP contribution in [0, 0.1) is 6.92 Å². The fraction of sp³-hybridized carbons (Fsp3) is 0.312. The van der Waals surface area contributed by atoms with Crippen molar-refractivity contribution in [2.45, 2.75) is 26.3 Å². The summed E-state index contributed by atoms with van der Waals surface area (Å²) in [6.45, 7) is 2.43. The summed E-state index contributed by atoms with van der Waals surface area (Å²) in [5.74, 6) is 1.84. The van der Waals surface area contributed by atoms with E-state index in [1.165, 1.54) is 5.56 Å². The molecule has 3 heteroatoms. The maximum Gasteiger partial charge on any atom is 0.223 e. The van der Waals surface area contributed by atoms with Gasteiger partial charge in [0.15, 0.2) is 0 Å². The van der Waals surface area contributed by atoms with Crippen LogP contribution < -0.4 is 0 Å². The molecular formula is C16H19NO2. The largest absolute Gasteiger partial charge is 0.464 e. The molecule has 2 rings (SSSR count). The first-order valence-corrected chi connectivity index (χ1v) is 6.48. The van der Waals surface area contributed by atoms with Gasteiger partial charge in [0.1, 0.15) is 11.5 Å². The van der Waals surface area contributed by atoms with Crippen molar-refractivity contribution in [2.24, 2.45) is 0 Å². The average molecular weight is 257 g/mol. The summed E-state index contributed by atoms with van der Waals surface area (Å²) in [6.07, 6.45) is 1.31. The van der Waals surface area contributed by atoms with Gasteiger partial charge in [-0.15, -0.1) is 0 Å². The molecule has 0 saturated carbocycles. The Labute approximate surface area is 113 Å². The molecule has 1 aromatic heterocycles. The summed E-state index contributed by atoms with van der Waals surface area (Å²) in [5.41, 5.74) is 1.19. The number of hydrogen-bond donors (Lipinski definition) is 0. The lowest BCUT2D eigenvalue weighted by molar-refractivity contribution is -0.130. The first-order valence-electron chi connectivity index (χ1n) is 6.48. The minimum atomic E-state index is 0.137. The second-order valence-corrected chi connectivity index (χ2v) is 4.75. The van der Waals surface area contributed by atoms with Gasteiger partial charge in [0.2, 0.25) is 5.91 Å². The van der Waals surface area contributed by atoms with Gasteiger partial charge in [-0.3, -0.25) is 4.79 Å². The third-order valence-corrected chi connectivity index (χ3v) is 3.09. The molecule has 0 N–H and O–H groups in total. The minimum absolute atomic E-state index is 0.137. The van der Waals surface area contributed by atoms with Crippen LogP contribution in [-0.2, 0) is 17.8 Å². The summed E-state index contributed by atoms with van der Waals surface area (Å²) >= 11 is 0. The Morgan fingerprint density at radius 1 is 1.16 bits per heavy atom. The molecule has 0 aliphatic rings. The van der Waals surface area contributed by atoms with Crippen LogP contribution in [0.3, 0.4) is 0 Å². The third kappa shape index (κ3) is 3.98. The van der Waals surface area contributed by atoms with E-state index >= 15 is 0 Å². The van der Waals surface area contributed by atoms with Crippen molar-refractivity contribution in [1.82, 2.24) is 4.90 Å². The maximum atomic E-state index is 12.0. The van der Waals surface area contributed by atoms with Gasteiger partial charge in [0.05, 0.1) is 6.54 Å². The highest BCUT2D eigenvalue weighted by Gasteiger charge is 2.11. The zero-order valence-corrected chi connectivity index (χ0v) is 11.4. The molecule has 0 bridgehead atoms. The van der Waals surface area contributed by atoms with Gasteiger partial charge in [0.25, 0.3) is 0 Å². The SMILES string of the molecule is Cc1ccc(CN(C)C(=O)CCc2ccccc2)o1. The topological polar surface area (TPSA) is 33.5 Å². The van der Waals surface area contributed by atoms with Gasteiger partial charge in [-0.2, -0.15) is 0 Å². The van der Waals surface area contributed by atoms with Gasteiger partial charge >= 0.3 is 0 Å². The number of carbonyl (C=O) groups excluding carboxylic acids is 1. The molecule has 0 radical (unpaired) electrons. The van der Waals surface area contributed by atoms with Crippen molar-refractivity contribution in [1.29, 1.82) is 0 Å². The Morgan fingerprint density at radius 3 is 2.53 bits per heavy atom. The van der Waals surface area contributed by atoms with E-state index < -0.39 is 0 Å². The highest BCUT2D eigenvalue weighted by Crippen LogP contribution is 2.10. The normalized spacial score (nSPS) is 10.4. The Morgan fingerprint density at radius 2 is 1.89 bits per heavy atom. The van der Waals surface area contributed by atoms with E-state index in [0.29, 0.717) is 13.0 Å². The lowest BCUT2D eigenvalue weighted by Gasteiger charge is -2.15. The van der Waals surface area contributed by atoms with Crippen LogP contribution >= 0.6 is 0 Å². The van der Waals surface area contributed by atoms with E-state index in [4.69, 9.17) is 4.42 Å². The van der Waals surface area contributed by atoms with Crippen LogP contribution in [0.4, 0.5) is 0 Å². The molecule has 1 aromatic carbocycles. The predicted molar refractivity (Wildman–Crippen MR) is 74.7 cm³/mol. The molecule has 0 fully saturated rings. The Balaban J connectivity index is 1.82. The second-order valence-electron chi connectivity index (χ2n) is 4.75. The number of furan rings is 1. The number of nitrogens with zero attached hydrogens (tertiary/aromatic N) is 1. The van der Waals surface area contributed by atoms with Crippen molar-refractivity contribution in [3.63, 3.8) is 0 Å². The van der Waals surface area contributed by atoms with Crippen molar-refractivity contribution in [2.75, 3.05) is 7.05 Å². The summed E-state index contributed by atoms with van der Waals surface area (Å²) in [5, 5.41) is 0. The van der Waals surface area contributed by atoms with E-state index in [9.17, 15) is 4.79 Å². The first kappa shape index (κ1) is 13.4. The molecule has 19 heavy (non-hydrogen) atoms. The molecule has 3 nitrogen and oxygen atoms in total. The number of amides is 1. The Kier molecular flexibility index (Phi) is 4.39. The van der Waals surface area contributed by atoms with Crippen molar-refractivity contribution < 1.29 is 9.21 Å². The van der Waals surface area contributed by atoms with E-state index in [2.05, 4.69) is 0 Å². The number of benzene rings is 1. The molecular weight excluding hydrogens is 238 g/mol. The summed E-state index contributed by atoms with van der Waals surface area (Å²) in [7, 11) is 1.81. The van der Waals surface area contributed by atoms with Crippen LogP contribution in [0.1, 0.15) is 23.5 Å². The molecule has 0 aliphatic carbocycles. The minimum Gasteiger partial charge on any atom is -0.464 e. The molecule has 0 aliphatic heterocycles. The van der Waals surface area contributed by atoms with Gasteiger partial charge < -0.3 is 9.32 Å². The van der Waals surface area contributed by atoms with Crippen LogP contribution in [-0.4, -0.2) is 17.9 Å². The average Bonchev–Trinajstić information content (AvgIpc) is 2.82. The molecule has 100 valence electrons. The summed E-state index contributed by atoms with van der Waals surface area (Å²) < 4.78 is 5.47. The van der Waals surface area contributed by atoms with Crippen molar-refractivity contribution >= 4 is 5.91 Å². The van der Waals surface area contributed by atoms with E-state index in [-0.39, 0.29) is 5.91 Å². The second kappa shape index (κ2) is 6.23. The highest BCUT2D eigenvalue weighted by atomic mass is 16.3. The van der Waals surface area contributed by atoms with E-state index in [1.807, 2.05) is 56.4 Å². The first-order chi connectivity index (χ1) is 9.15. The monoisotopic (exact) mass is 257 g/mol. The van der Waals surface area contributed by atoms with Gasteiger partial charge in [-0.1, -0.05) is 30.3 Å². The van der Waals surface area contributed by atoms with Gasteiger partial charge in [-0.05, 0) is 31.0 Å². The molecule has 0 unspecified atom stereocenters. The number of hydrogen-bond acceptors (Lipinski definition) is 2. The van der Waals surface area contributed by atoms with Crippen LogP contribution in [0.15, 0.2) is 46.9 Å². The third-order valence-electron chi connectivity index (χ3n) is 3.09. The van der Waals surface area contributed by atoms with E-state index in [0.717, 1.165) is 17.9 Å². The molecule has 1 amide bonds. The van der Waals surface area contributed by atoms with Gasteiger partial charge in [0, 0.05) is 13.5 Å². The zero-order chi connectivity index (χ0) is 13.7. The van der Waals surface area contributed by atoms with Crippen LogP contribution in [0.5, 0.6) is 0 Å². The van der Waals surface area contributed by atoms with Crippen LogP contribution in [0.2, 0.25) is 0 Å². The lowest BCUT2D eigenvalue weighted by Crippen LogP contribution is -2.26. The molecule has 1 heterocycles. The summed E-state index contributed by atoms with van der Waals surface area (Å²) in [6, 6.07) is 13.9. The smallest absolute Gasteiger partial charge is 0.223 e. The lowest BCUT2D eigenvalue weighted by atomic mass is 10.1. The standard InChI is InChI=1S/C16H19NO2/c1-13-8-10-15(19-13)12-17(2)16(18)11-9-14-6-4-3-5-7-14/h3-8,10H,9,11-12H2,1-2H3. The zero-order valence-electron chi connectivity index (χ0n) is 11.4. The fourth-order valence-electron chi connectivity index (χ4n) is 1.98. The molecule has 0 atom stereocenters. The number of aryl methyl sites for hydroxylation is 2. The van der Waals surface area contributed by atoms with E-state index in [1.54, 1.807) is 4.90 Å². The molecule has 0 saturated heterocycles. The Hall–Kier alpha value is -2.03. The Bertz CT molecular complexity index is 531. The maximum absolute atomic E-state index is 12.0. The van der Waals surface area contributed by atoms with Crippen molar-refractivity contribution in [3.8, 4) is 0 Å². The predicted octanol–water partition coefficient (Wildman–Crippen LogP) is 3.18. The quantitative estimate of drug-likeness (QED) is 0.824. The highest BCUT2D eigenvalue weighted by molar-refractivity contribution is 5.76.